The average molecular weight is 440 g/mol. The lowest BCUT2D eigenvalue weighted by molar-refractivity contribution is -0.121. The zero-order chi connectivity index (χ0) is 20.5. The predicted octanol–water partition coefficient (Wildman–Crippen LogP) is 4.38. The van der Waals surface area contributed by atoms with Gasteiger partial charge in [0.25, 0.3) is 11.5 Å². The summed E-state index contributed by atoms with van der Waals surface area (Å²) in [6.07, 6.45) is 3.33. The summed E-state index contributed by atoms with van der Waals surface area (Å²) in [6, 6.07) is 13.5. The van der Waals surface area contributed by atoms with Gasteiger partial charge in [-0.2, -0.15) is 0 Å². The third kappa shape index (κ3) is 3.75. The molecule has 1 saturated heterocycles. The van der Waals surface area contributed by atoms with E-state index in [9.17, 15) is 9.59 Å². The van der Waals surface area contributed by atoms with Gasteiger partial charge in [0.1, 0.15) is 15.0 Å². The fraction of sp³-hybridized carbons (Fsp3) is 0.143. The molecule has 0 spiro atoms. The van der Waals surface area contributed by atoms with Gasteiger partial charge in [0.2, 0.25) is 0 Å². The lowest BCUT2D eigenvalue weighted by atomic mass is 10.2. The number of nitrogens with zero attached hydrogens (tertiary/aromatic N) is 3. The highest BCUT2D eigenvalue weighted by molar-refractivity contribution is 8.26. The minimum absolute atomic E-state index is 0.174. The molecule has 29 heavy (non-hydrogen) atoms. The third-order valence-electron chi connectivity index (χ3n) is 4.47. The number of rotatable bonds is 4. The molecule has 0 N–H and O–H groups in total. The Morgan fingerprint density at radius 1 is 1.17 bits per heavy atom. The van der Waals surface area contributed by atoms with Gasteiger partial charge in [-0.15, -0.1) is 0 Å². The van der Waals surface area contributed by atoms with Crippen molar-refractivity contribution in [2.24, 2.45) is 0 Å². The maximum absolute atomic E-state index is 13.3. The number of benzene rings is 1. The van der Waals surface area contributed by atoms with Crippen molar-refractivity contribution in [3.8, 4) is 0 Å². The van der Waals surface area contributed by atoms with Crippen LogP contribution in [0.4, 0.5) is 0 Å². The Bertz CT molecular complexity index is 1220. The Balaban J connectivity index is 1.92. The summed E-state index contributed by atoms with van der Waals surface area (Å²) < 4.78 is 2.03. The third-order valence-corrected chi connectivity index (χ3v) is 6.86. The maximum atomic E-state index is 13.3. The minimum atomic E-state index is -0.209. The van der Waals surface area contributed by atoms with E-state index in [-0.39, 0.29) is 11.5 Å². The summed E-state index contributed by atoms with van der Waals surface area (Å²) in [5.41, 5.74) is 1.69. The van der Waals surface area contributed by atoms with Crippen LogP contribution < -0.4 is 5.56 Å². The number of carbonyl (C=O) groups is 1. The second kappa shape index (κ2) is 8.14. The zero-order valence-electron chi connectivity index (χ0n) is 15.8. The Hall–Kier alpha value is -2.42. The Morgan fingerprint density at radius 2 is 1.93 bits per heavy atom. The van der Waals surface area contributed by atoms with Gasteiger partial charge in [-0.3, -0.25) is 18.9 Å². The van der Waals surface area contributed by atoms with E-state index >= 15 is 0 Å². The van der Waals surface area contributed by atoms with E-state index in [0.717, 1.165) is 10.5 Å². The number of likely N-dealkylation sites (N-methyl/N-ethyl adjacent to an activating group) is 1. The molecule has 8 heteroatoms. The standard InChI is InChI=1S/C21H17N3O2S3/c1-3-23-20(26)16(29-21(23)27)12-15-18(28-14-9-5-4-6-10-14)22-17-13(2)8-7-11-24(17)19(15)25/h4-12H,3H2,1-2H3/b16-12-. The molecule has 0 saturated carbocycles. The van der Waals surface area contributed by atoms with Crippen LogP contribution in [-0.2, 0) is 4.79 Å². The number of fused-ring (bicyclic) bond motifs is 1. The number of carbonyl (C=O) groups excluding carboxylic acids is 1. The first-order valence-corrected chi connectivity index (χ1v) is 11.0. The summed E-state index contributed by atoms with van der Waals surface area (Å²) >= 11 is 7.92. The average Bonchev–Trinajstić information content (AvgIpc) is 2.99. The second-order valence-corrected chi connectivity index (χ2v) is 9.10. The minimum Gasteiger partial charge on any atom is -0.293 e. The predicted molar refractivity (Wildman–Crippen MR) is 122 cm³/mol. The smallest absolute Gasteiger partial charge is 0.266 e. The van der Waals surface area contributed by atoms with Gasteiger partial charge < -0.3 is 0 Å². The molecule has 3 heterocycles. The number of amides is 1. The number of hydrogen-bond acceptors (Lipinski definition) is 6. The van der Waals surface area contributed by atoms with Gasteiger partial charge in [0.15, 0.2) is 0 Å². The normalized spacial score (nSPS) is 15.7. The quantitative estimate of drug-likeness (QED) is 0.342. The van der Waals surface area contributed by atoms with Crippen molar-refractivity contribution in [1.29, 1.82) is 0 Å². The van der Waals surface area contributed by atoms with Crippen LogP contribution in [0.25, 0.3) is 11.7 Å². The van der Waals surface area contributed by atoms with E-state index in [1.54, 1.807) is 12.3 Å². The second-order valence-electron chi connectivity index (χ2n) is 6.36. The molecule has 5 nitrogen and oxygen atoms in total. The molecule has 2 aromatic heterocycles. The summed E-state index contributed by atoms with van der Waals surface area (Å²) in [7, 11) is 0. The number of thiocarbonyl (C=S) groups is 1. The Kier molecular flexibility index (Phi) is 5.58. The first-order chi connectivity index (χ1) is 14.0. The molecule has 1 amide bonds. The molecule has 0 unspecified atom stereocenters. The van der Waals surface area contributed by atoms with Gasteiger partial charge in [0, 0.05) is 17.6 Å². The summed E-state index contributed by atoms with van der Waals surface area (Å²) in [6.45, 7) is 4.30. The monoisotopic (exact) mass is 439 g/mol. The lowest BCUT2D eigenvalue weighted by Crippen LogP contribution is -2.27. The molecule has 1 fully saturated rings. The van der Waals surface area contributed by atoms with Gasteiger partial charge in [0.05, 0.1) is 10.5 Å². The number of hydrogen-bond donors (Lipinski definition) is 0. The molecule has 4 rings (SSSR count). The van der Waals surface area contributed by atoms with Crippen LogP contribution in [-0.4, -0.2) is 31.1 Å². The first-order valence-electron chi connectivity index (χ1n) is 9.00. The largest absolute Gasteiger partial charge is 0.293 e. The molecule has 3 aromatic rings. The van der Waals surface area contributed by atoms with Crippen LogP contribution in [0, 0.1) is 6.92 Å². The van der Waals surface area contributed by atoms with E-state index in [1.165, 1.54) is 32.8 Å². The van der Waals surface area contributed by atoms with E-state index in [2.05, 4.69) is 0 Å². The van der Waals surface area contributed by atoms with Crippen LogP contribution in [0.15, 0.2) is 68.3 Å². The van der Waals surface area contributed by atoms with E-state index in [0.29, 0.717) is 32.0 Å². The van der Waals surface area contributed by atoms with Crippen LogP contribution >= 0.6 is 35.7 Å². The fourth-order valence-electron chi connectivity index (χ4n) is 3.00. The van der Waals surface area contributed by atoms with E-state index < -0.39 is 0 Å². The van der Waals surface area contributed by atoms with Gasteiger partial charge in [-0.25, -0.2) is 4.98 Å². The summed E-state index contributed by atoms with van der Waals surface area (Å²) in [5.74, 6) is -0.174. The first kappa shape index (κ1) is 19.9. The fourth-order valence-corrected chi connectivity index (χ4v) is 5.27. The molecular weight excluding hydrogens is 422 g/mol. The van der Waals surface area contributed by atoms with Crippen LogP contribution in [0.1, 0.15) is 18.1 Å². The number of aryl methyl sites for hydroxylation is 1. The molecule has 0 bridgehead atoms. The number of aromatic nitrogens is 2. The molecule has 1 aromatic carbocycles. The molecular formula is C21H17N3O2S3. The Morgan fingerprint density at radius 3 is 2.62 bits per heavy atom. The SMILES string of the molecule is CCN1C(=O)/C(=C/c2c(Sc3ccccc3)nc3c(C)cccn3c2=O)SC1=S. The molecule has 0 aliphatic carbocycles. The van der Waals surface area contributed by atoms with Crippen LogP contribution in [0.2, 0.25) is 0 Å². The molecule has 1 aliphatic rings. The zero-order valence-corrected chi connectivity index (χ0v) is 18.2. The van der Waals surface area contributed by atoms with Crippen molar-refractivity contribution in [3.05, 3.63) is 75.0 Å². The molecule has 146 valence electrons. The van der Waals surface area contributed by atoms with Crippen molar-refractivity contribution in [1.82, 2.24) is 14.3 Å². The summed E-state index contributed by atoms with van der Waals surface area (Å²) in [5, 5.41) is 0.567. The van der Waals surface area contributed by atoms with Crippen molar-refractivity contribution >= 4 is 57.7 Å². The maximum Gasteiger partial charge on any atom is 0.266 e. The van der Waals surface area contributed by atoms with Crippen molar-refractivity contribution in [2.45, 2.75) is 23.8 Å². The van der Waals surface area contributed by atoms with Crippen LogP contribution in [0.3, 0.4) is 0 Å². The highest BCUT2D eigenvalue weighted by Gasteiger charge is 2.31. The van der Waals surface area contributed by atoms with E-state index in [1.807, 2.05) is 56.3 Å². The highest BCUT2D eigenvalue weighted by atomic mass is 32.2. The lowest BCUT2D eigenvalue weighted by Gasteiger charge is -2.11. The highest BCUT2D eigenvalue weighted by Crippen LogP contribution is 2.34. The number of pyridine rings is 1. The van der Waals surface area contributed by atoms with Crippen molar-refractivity contribution < 1.29 is 4.79 Å². The van der Waals surface area contributed by atoms with Crippen LogP contribution in [0.5, 0.6) is 0 Å². The topological polar surface area (TPSA) is 54.7 Å². The van der Waals surface area contributed by atoms with Crippen molar-refractivity contribution in [3.63, 3.8) is 0 Å². The van der Waals surface area contributed by atoms with Gasteiger partial charge in [-0.05, 0) is 43.7 Å². The number of thioether (sulfide) groups is 1. The molecule has 0 radical (unpaired) electrons. The molecule has 1 aliphatic heterocycles. The van der Waals surface area contributed by atoms with Gasteiger partial charge in [-0.1, -0.05) is 60.0 Å². The summed E-state index contributed by atoms with van der Waals surface area (Å²) in [4.78, 5) is 33.7. The van der Waals surface area contributed by atoms with E-state index in [4.69, 9.17) is 17.2 Å². The van der Waals surface area contributed by atoms with Crippen molar-refractivity contribution in [2.75, 3.05) is 6.54 Å². The molecule has 0 atom stereocenters. The Labute approximate surface area is 181 Å². The van der Waals surface area contributed by atoms with Gasteiger partial charge >= 0.3 is 0 Å².